The molecule has 1 unspecified atom stereocenters. The quantitative estimate of drug-likeness (QED) is 0.513. The zero-order chi connectivity index (χ0) is 20.8. The Morgan fingerprint density at radius 2 is 2.14 bits per heavy atom. The van der Waals surface area contributed by atoms with Gasteiger partial charge in [0.2, 0.25) is 5.91 Å². The Morgan fingerprint density at radius 3 is 2.83 bits per heavy atom. The lowest BCUT2D eigenvalue weighted by Crippen LogP contribution is -2.38. The van der Waals surface area contributed by atoms with Crippen LogP contribution in [0, 0.1) is 15.9 Å². The number of nitrogens with zero attached hydrogens (tertiary/aromatic N) is 3. The predicted octanol–water partition coefficient (Wildman–Crippen LogP) is 4.58. The smallest absolute Gasteiger partial charge is 0.271 e. The average molecular weight is 423 g/mol. The minimum absolute atomic E-state index is 0.0101. The number of non-ortho nitro benzene ring substituents is 1. The van der Waals surface area contributed by atoms with Gasteiger partial charge in [0, 0.05) is 36.9 Å². The summed E-state index contributed by atoms with van der Waals surface area (Å²) in [5.74, 6) is -0.277. The van der Waals surface area contributed by atoms with Gasteiger partial charge in [-0.3, -0.25) is 19.9 Å². The fourth-order valence-electron chi connectivity index (χ4n) is 3.80. The molecule has 1 aromatic rings. The minimum Gasteiger partial charge on any atom is -0.347 e. The topological polar surface area (TPSA) is 87.8 Å². The van der Waals surface area contributed by atoms with Gasteiger partial charge in [0.15, 0.2) is 5.17 Å². The maximum absolute atomic E-state index is 14.0. The van der Waals surface area contributed by atoms with E-state index in [1.165, 1.54) is 19.3 Å². The third kappa shape index (κ3) is 5.68. The summed E-state index contributed by atoms with van der Waals surface area (Å²) in [5, 5.41) is 14.4. The molecule has 0 bridgehead atoms. The number of nitro benzene ring substituents is 1. The molecular weight excluding hydrogens is 395 g/mol. The molecule has 1 atom stereocenters. The Labute approximate surface area is 174 Å². The van der Waals surface area contributed by atoms with Gasteiger partial charge in [-0.25, -0.2) is 4.39 Å². The first-order valence-corrected chi connectivity index (χ1v) is 11.2. The maximum Gasteiger partial charge on any atom is 0.271 e. The van der Waals surface area contributed by atoms with Crippen LogP contribution in [0.2, 0.25) is 0 Å². The summed E-state index contributed by atoms with van der Waals surface area (Å²) in [7, 11) is 0. The number of carbonyl (C=O) groups excluding carboxylic acids is 1. The Bertz CT molecular complexity index is 783. The minimum atomic E-state index is -0.685. The number of anilines is 1. The first kappa shape index (κ1) is 21.5. The van der Waals surface area contributed by atoms with Gasteiger partial charge in [-0.1, -0.05) is 37.9 Å². The van der Waals surface area contributed by atoms with Crippen molar-refractivity contribution in [2.45, 2.75) is 64.0 Å². The highest BCUT2D eigenvalue weighted by Gasteiger charge is 2.32. The van der Waals surface area contributed by atoms with Crippen molar-refractivity contribution in [2.24, 2.45) is 4.99 Å². The molecule has 1 saturated heterocycles. The molecule has 0 radical (unpaired) electrons. The fraction of sp³-hybridized carbons (Fsp3) is 0.600. The molecule has 2 aliphatic rings. The summed E-state index contributed by atoms with van der Waals surface area (Å²) in [4.78, 5) is 30.0. The molecule has 1 amide bonds. The van der Waals surface area contributed by atoms with Crippen molar-refractivity contribution >= 4 is 34.2 Å². The van der Waals surface area contributed by atoms with Crippen LogP contribution in [-0.4, -0.2) is 45.3 Å². The van der Waals surface area contributed by atoms with Gasteiger partial charge in [0.25, 0.3) is 5.69 Å². The molecule has 2 fully saturated rings. The Hall–Kier alpha value is -2.16. The van der Waals surface area contributed by atoms with E-state index in [2.05, 4.69) is 17.1 Å². The van der Waals surface area contributed by atoms with Crippen LogP contribution in [0.4, 0.5) is 15.8 Å². The first-order chi connectivity index (χ1) is 14.0. The van der Waals surface area contributed by atoms with Gasteiger partial charge in [-0.05, 0) is 25.3 Å². The molecule has 9 heteroatoms. The lowest BCUT2D eigenvalue weighted by molar-refractivity contribution is -0.384. The SMILES string of the molecule is CCCN1C(=NC2CCCCC2)SCC1CC(=O)Nc1cc([N+](=O)[O-])ccc1F. The summed E-state index contributed by atoms with van der Waals surface area (Å²) < 4.78 is 14.0. The number of amidine groups is 1. The van der Waals surface area contributed by atoms with E-state index in [4.69, 9.17) is 4.99 Å². The van der Waals surface area contributed by atoms with Crippen LogP contribution in [0.25, 0.3) is 0 Å². The zero-order valence-electron chi connectivity index (χ0n) is 16.6. The van der Waals surface area contributed by atoms with Crippen LogP contribution in [0.5, 0.6) is 0 Å². The van der Waals surface area contributed by atoms with Crippen LogP contribution >= 0.6 is 11.8 Å². The highest BCUT2D eigenvalue weighted by molar-refractivity contribution is 8.14. The van der Waals surface area contributed by atoms with Gasteiger partial charge in [0.1, 0.15) is 5.82 Å². The molecule has 1 saturated carbocycles. The number of halogens is 1. The van der Waals surface area contributed by atoms with Crippen LogP contribution in [0.1, 0.15) is 51.9 Å². The van der Waals surface area contributed by atoms with Crippen molar-refractivity contribution in [3.8, 4) is 0 Å². The number of hydrogen-bond acceptors (Lipinski definition) is 5. The Balaban J connectivity index is 1.65. The van der Waals surface area contributed by atoms with Crippen LogP contribution < -0.4 is 5.32 Å². The van der Waals surface area contributed by atoms with Crippen molar-refractivity contribution in [3.63, 3.8) is 0 Å². The summed E-state index contributed by atoms with van der Waals surface area (Å²) >= 11 is 1.68. The van der Waals surface area contributed by atoms with E-state index in [0.717, 1.165) is 54.9 Å². The molecular formula is C20H27FN4O3S. The average Bonchev–Trinajstić information content (AvgIpc) is 3.05. The lowest BCUT2D eigenvalue weighted by Gasteiger charge is -2.27. The standard InChI is InChI=1S/C20H27FN4O3S/c1-2-10-24-16(13-29-20(24)22-14-6-4-3-5-7-14)12-19(26)23-18-11-15(25(27)28)8-9-17(18)21/h8-9,11,14,16H,2-7,10,12-13H2,1H3,(H,23,26). The summed E-state index contributed by atoms with van der Waals surface area (Å²) in [6, 6.07) is 3.49. The monoisotopic (exact) mass is 422 g/mol. The van der Waals surface area contributed by atoms with E-state index in [0.29, 0.717) is 6.04 Å². The number of amides is 1. The number of aliphatic imine (C=N–C) groups is 1. The molecule has 7 nitrogen and oxygen atoms in total. The van der Waals surface area contributed by atoms with Crippen LogP contribution in [0.3, 0.4) is 0 Å². The van der Waals surface area contributed by atoms with Crippen molar-refractivity contribution < 1.29 is 14.1 Å². The maximum atomic E-state index is 14.0. The van der Waals surface area contributed by atoms with E-state index in [1.807, 2.05) is 0 Å². The highest BCUT2D eigenvalue weighted by Crippen LogP contribution is 2.30. The molecule has 0 aromatic heterocycles. The van der Waals surface area contributed by atoms with Crippen molar-refractivity contribution in [1.82, 2.24) is 4.90 Å². The third-order valence-electron chi connectivity index (χ3n) is 5.28. The first-order valence-electron chi connectivity index (χ1n) is 10.2. The Kier molecular flexibility index (Phi) is 7.46. The lowest BCUT2D eigenvalue weighted by atomic mass is 9.96. The van der Waals surface area contributed by atoms with Crippen molar-refractivity contribution in [2.75, 3.05) is 17.6 Å². The summed E-state index contributed by atoms with van der Waals surface area (Å²) in [6.07, 6.45) is 7.12. The number of hydrogen-bond donors (Lipinski definition) is 1. The molecule has 1 aliphatic carbocycles. The predicted molar refractivity (Wildman–Crippen MR) is 114 cm³/mol. The molecule has 1 heterocycles. The van der Waals surface area contributed by atoms with E-state index in [1.54, 1.807) is 11.8 Å². The molecule has 0 spiro atoms. The molecule has 1 aliphatic heterocycles. The number of nitrogens with one attached hydrogen (secondary N) is 1. The van der Waals surface area contributed by atoms with Gasteiger partial charge >= 0.3 is 0 Å². The number of thioether (sulfide) groups is 1. The third-order valence-corrected chi connectivity index (χ3v) is 6.43. The van der Waals surface area contributed by atoms with E-state index >= 15 is 0 Å². The second kappa shape index (κ2) is 10.0. The zero-order valence-corrected chi connectivity index (χ0v) is 17.4. The highest BCUT2D eigenvalue weighted by atomic mass is 32.2. The van der Waals surface area contributed by atoms with E-state index in [9.17, 15) is 19.3 Å². The summed E-state index contributed by atoms with van der Waals surface area (Å²) in [5.41, 5.74) is -0.416. The molecule has 1 N–H and O–H groups in total. The molecule has 3 rings (SSSR count). The number of nitro groups is 1. The van der Waals surface area contributed by atoms with Crippen molar-refractivity contribution in [1.29, 1.82) is 0 Å². The number of rotatable bonds is 7. The molecule has 1 aromatic carbocycles. The molecule has 158 valence electrons. The number of benzene rings is 1. The normalized spacial score (nSPS) is 21.5. The second-order valence-electron chi connectivity index (χ2n) is 7.54. The van der Waals surface area contributed by atoms with Gasteiger partial charge in [-0.15, -0.1) is 0 Å². The van der Waals surface area contributed by atoms with E-state index in [-0.39, 0.29) is 29.7 Å². The van der Waals surface area contributed by atoms with Gasteiger partial charge in [0.05, 0.1) is 16.7 Å². The summed E-state index contributed by atoms with van der Waals surface area (Å²) in [6.45, 7) is 2.92. The molecule has 29 heavy (non-hydrogen) atoms. The van der Waals surface area contributed by atoms with Crippen LogP contribution in [0.15, 0.2) is 23.2 Å². The van der Waals surface area contributed by atoms with Gasteiger partial charge < -0.3 is 10.2 Å². The largest absolute Gasteiger partial charge is 0.347 e. The van der Waals surface area contributed by atoms with Crippen LogP contribution in [-0.2, 0) is 4.79 Å². The second-order valence-corrected chi connectivity index (χ2v) is 8.52. The Morgan fingerprint density at radius 1 is 1.38 bits per heavy atom. The van der Waals surface area contributed by atoms with E-state index < -0.39 is 10.7 Å². The van der Waals surface area contributed by atoms with Crippen molar-refractivity contribution in [3.05, 3.63) is 34.1 Å². The van der Waals surface area contributed by atoms with Gasteiger partial charge in [-0.2, -0.15) is 0 Å². The fourth-order valence-corrected chi connectivity index (χ4v) is 5.07. The number of carbonyl (C=O) groups is 1.